The molecule has 3 N–H and O–H groups in total. The number of hydrogen-bond donors (Lipinski definition) is 2. The van der Waals surface area contributed by atoms with Crippen LogP contribution in [0.1, 0.15) is 41.4 Å². The molecule has 0 radical (unpaired) electrons. The molecule has 0 aliphatic carbocycles. The zero-order chi connectivity index (χ0) is 28.0. The third-order valence-electron chi connectivity index (χ3n) is 5.69. The summed E-state index contributed by atoms with van der Waals surface area (Å²) in [5.74, 6) is -4.71. The van der Waals surface area contributed by atoms with Crippen LogP contribution in [0.3, 0.4) is 0 Å². The van der Waals surface area contributed by atoms with E-state index in [0.717, 1.165) is 24.3 Å². The number of aromatic nitrogens is 1. The van der Waals surface area contributed by atoms with Crippen molar-refractivity contribution in [1.82, 2.24) is 10.3 Å². The Bertz CT molecular complexity index is 1390. The summed E-state index contributed by atoms with van der Waals surface area (Å²) in [4.78, 5) is 16.7. The third-order valence-corrected chi connectivity index (χ3v) is 5.98. The van der Waals surface area contributed by atoms with Gasteiger partial charge in [-0.25, -0.2) is 4.39 Å². The number of nitrogens with zero attached hydrogens (tertiary/aromatic N) is 1. The van der Waals surface area contributed by atoms with Crippen LogP contribution in [0, 0.1) is 5.82 Å². The Hall–Kier alpha value is -3.51. The third kappa shape index (κ3) is 5.97. The van der Waals surface area contributed by atoms with E-state index in [1.54, 1.807) is 13.8 Å². The summed E-state index contributed by atoms with van der Waals surface area (Å²) in [5.41, 5.74) is 5.03. The second-order valence-electron chi connectivity index (χ2n) is 9.15. The molecule has 3 aromatic rings. The molecule has 0 saturated carbocycles. The van der Waals surface area contributed by atoms with E-state index in [2.05, 4.69) is 19.8 Å². The Kier molecular flexibility index (Phi) is 7.00. The van der Waals surface area contributed by atoms with Gasteiger partial charge in [0.1, 0.15) is 11.7 Å². The minimum Gasteiger partial charge on any atom is -0.395 e. The molecule has 13 heteroatoms. The standard InChI is InChI=1S/C25H20ClF6N3O3/c1-23(2,33)14-9-18(12-3-5-17(27)16(26)7-12)35-19(10-14)15(24(28,29)30)11-34-22(36)13-4-6-20-21(8-13)38-25(31,32)37-20/h3-10,15H,11,33H2,1-2H3,(H,34,36). The molecule has 2 heterocycles. The van der Waals surface area contributed by atoms with Gasteiger partial charge in [-0.1, -0.05) is 11.6 Å². The molecule has 38 heavy (non-hydrogen) atoms. The number of carbonyl (C=O) groups is 1. The minimum absolute atomic E-state index is 0.0650. The van der Waals surface area contributed by atoms with Crippen molar-refractivity contribution in [3.05, 3.63) is 76.2 Å². The highest BCUT2D eigenvalue weighted by Crippen LogP contribution is 2.41. The monoisotopic (exact) mass is 559 g/mol. The Labute approximate surface area is 217 Å². The zero-order valence-corrected chi connectivity index (χ0v) is 20.6. The maximum atomic E-state index is 14.2. The van der Waals surface area contributed by atoms with Gasteiger partial charge in [0.15, 0.2) is 11.5 Å². The predicted octanol–water partition coefficient (Wildman–Crippen LogP) is 6.13. The van der Waals surface area contributed by atoms with Crippen molar-refractivity contribution in [3.63, 3.8) is 0 Å². The summed E-state index contributed by atoms with van der Waals surface area (Å²) < 4.78 is 91.2. The number of nitrogens with one attached hydrogen (secondary N) is 1. The lowest BCUT2D eigenvalue weighted by atomic mass is 9.91. The van der Waals surface area contributed by atoms with Crippen molar-refractivity contribution >= 4 is 17.5 Å². The number of amides is 1. The molecular weight excluding hydrogens is 540 g/mol. The number of rotatable bonds is 6. The van der Waals surface area contributed by atoms with Crippen molar-refractivity contribution in [2.75, 3.05) is 6.54 Å². The van der Waals surface area contributed by atoms with Gasteiger partial charge in [0.2, 0.25) is 0 Å². The highest BCUT2D eigenvalue weighted by atomic mass is 35.5. The molecule has 0 bridgehead atoms. The highest BCUT2D eigenvalue weighted by Gasteiger charge is 2.44. The van der Waals surface area contributed by atoms with Gasteiger partial charge in [0, 0.05) is 23.2 Å². The van der Waals surface area contributed by atoms with Gasteiger partial charge in [-0.15, -0.1) is 8.78 Å². The van der Waals surface area contributed by atoms with Crippen molar-refractivity contribution in [1.29, 1.82) is 0 Å². The van der Waals surface area contributed by atoms with Crippen molar-refractivity contribution < 1.29 is 40.6 Å². The van der Waals surface area contributed by atoms with Crippen LogP contribution in [0.15, 0.2) is 48.5 Å². The molecule has 1 aliphatic rings. The van der Waals surface area contributed by atoms with Crippen molar-refractivity contribution in [2.45, 2.75) is 37.8 Å². The van der Waals surface area contributed by atoms with E-state index in [1.165, 1.54) is 24.3 Å². The lowest BCUT2D eigenvalue weighted by molar-refractivity contribution is -0.286. The van der Waals surface area contributed by atoms with Gasteiger partial charge >= 0.3 is 12.5 Å². The number of benzene rings is 2. The fourth-order valence-corrected chi connectivity index (χ4v) is 3.86. The van der Waals surface area contributed by atoms with Gasteiger partial charge in [0.25, 0.3) is 5.91 Å². The number of hydrogen-bond acceptors (Lipinski definition) is 5. The molecule has 0 saturated heterocycles. The summed E-state index contributed by atoms with van der Waals surface area (Å²) >= 11 is 5.85. The summed E-state index contributed by atoms with van der Waals surface area (Å²) in [6.45, 7) is 2.24. The van der Waals surface area contributed by atoms with Crippen molar-refractivity contribution in [3.8, 4) is 22.8 Å². The van der Waals surface area contributed by atoms with Crippen LogP contribution in [0.2, 0.25) is 5.02 Å². The average molecular weight is 560 g/mol. The molecular formula is C25H20ClF6N3O3. The lowest BCUT2D eigenvalue weighted by Gasteiger charge is -2.25. The SMILES string of the molecule is CC(C)(N)c1cc(-c2ccc(F)c(Cl)c2)nc(C(CNC(=O)c2ccc3c(c2)OC(F)(F)O3)C(F)(F)F)c1. The Morgan fingerprint density at radius 2 is 1.76 bits per heavy atom. The fraction of sp³-hybridized carbons (Fsp3) is 0.280. The Morgan fingerprint density at radius 3 is 2.39 bits per heavy atom. The molecule has 1 unspecified atom stereocenters. The number of ether oxygens (including phenoxy) is 2. The first-order valence-corrected chi connectivity index (χ1v) is 11.4. The van der Waals surface area contributed by atoms with E-state index in [4.69, 9.17) is 17.3 Å². The maximum absolute atomic E-state index is 14.2. The summed E-state index contributed by atoms with van der Waals surface area (Å²) in [7, 11) is 0. The average Bonchev–Trinajstić information content (AvgIpc) is 3.12. The van der Waals surface area contributed by atoms with Gasteiger partial charge < -0.3 is 20.5 Å². The number of halogens is 7. The van der Waals surface area contributed by atoms with E-state index < -0.39 is 53.6 Å². The number of alkyl halides is 5. The number of carbonyl (C=O) groups excluding carboxylic acids is 1. The molecule has 1 aliphatic heterocycles. The van der Waals surface area contributed by atoms with Crippen molar-refractivity contribution in [2.24, 2.45) is 5.73 Å². The Morgan fingerprint density at radius 1 is 1.08 bits per heavy atom. The lowest BCUT2D eigenvalue weighted by Crippen LogP contribution is -2.36. The molecule has 1 aromatic heterocycles. The van der Waals surface area contributed by atoms with E-state index in [-0.39, 0.29) is 27.6 Å². The number of fused-ring (bicyclic) bond motifs is 1. The van der Waals surface area contributed by atoms with E-state index in [9.17, 15) is 31.1 Å². The van der Waals surface area contributed by atoms with Crippen LogP contribution in [0.5, 0.6) is 11.5 Å². The smallest absolute Gasteiger partial charge is 0.395 e. The second-order valence-corrected chi connectivity index (χ2v) is 9.56. The minimum atomic E-state index is -4.85. The summed E-state index contributed by atoms with van der Waals surface area (Å²) in [6, 6.07) is 9.33. The first kappa shape index (κ1) is 27.5. The molecule has 1 atom stereocenters. The number of nitrogens with two attached hydrogens (primary N) is 1. The second kappa shape index (κ2) is 9.66. The molecule has 0 spiro atoms. The van der Waals surface area contributed by atoms with Gasteiger partial charge in [-0.2, -0.15) is 13.2 Å². The summed E-state index contributed by atoms with van der Waals surface area (Å²) in [5, 5.41) is 1.92. The highest BCUT2D eigenvalue weighted by molar-refractivity contribution is 6.31. The van der Waals surface area contributed by atoms with Crippen LogP contribution in [-0.2, 0) is 5.54 Å². The van der Waals surface area contributed by atoms with Gasteiger partial charge in [0.05, 0.1) is 16.4 Å². The molecule has 0 fully saturated rings. The van der Waals surface area contributed by atoms with E-state index in [1.807, 2.05) is 0 Å². The van der Waals surface area contributed by atoms with E-state index in [0.29, 0.717) is 5.56 Å². The van der Waals surface area contributed by atoms with Crippen LogP contribution >= 0.6 is 11.6 Å². The predicted molar refractivity (Wildman–Crippen MR) is 126 cm³/mol. The topological polar surface area (TPSA) is 86.5 Å². The van der Waals surface area contributed by atoms with Crippen LogP contribution in [0.4, 0.5) is 26.3 Å². The quantitative estimate of drug-likeness (QED) is 0.355. The van der Waals surface area contributed by atoms with Crippen LogP contribution in [-0.4, -0.2) is 29.9 Å². The molecule has 2 aromatic carbocycles. The molecule has 202 valence electrons. The number of pyridine rings is 1. The normalized spacial score (nSPS) is 15.3. The molecule has 1 amide bonds. The van der Waals surface area contributed by atoms with Crippen LogP contribution < -0.4 is 20.5 Å². The fourth-order valence-electron chi connectivity index (χ4n) is 3.68. The van der Waals surface area contributed by atoms with E-state index >= 15 is 0 Å². The summed E-state index contributed by atoms with van der Waals surface area (Å²) in [6.07, 6.45) is -8.77. The molecule has 6 nitrogen and oxygen atoms in total. The zero-order valence-electron chi connectivity index (χ0n) is 19.8. The van der Waals surface area contributed by atoms with Crippen LogP contribution in [0.25, 0.3) is 11.3 Å². The maximum Gasteiger partial charge on any atom is 0.586 e. The molecule has 4 rings (SSSR count). The van der Waals surface area contributed by atoms with Gasteiger partial charge in [-0.3, -0.25) is 9.78 Å². The first-order chi connectivity index (χ1) is 17.5. The largest absolute Gasteiger partial charge is 0.586 e. The first-order valence-electron chi connectivity index (χ1n) is 11.0. The Balaban J connectivity index is 1.66. The van der Waals surface area contributed by atoms with Gasteiger partial charge in [-0.05, 0) is 67.9 Å².